The number of amides is 1. The molecule has 0 saturated heterocycles. The number of alkyl halides is 6. The first kappa shape index (κ1) is 85.6. The van der Waals surface area contributed by atoms with Crippen LogP contribution in [-0.4, -0.2) is 160 Å². The highest BCUT2D eigenvalue weighted by atomic mass is 32.1. The van der Waals surface area contributed by atoms with Crippen LogP contribution < -0.4 is 96.9 Å². The lowest BCUT2D eigenvalue weighted by Gasteiger charge is -2.14. The molecule has 0 atom stereocenters. The van der Waals surface area contributed by atoms with Crippen molar-refractivity contribution < 1.29 is 83.4 Å². The SMILES string of the molecule is CCC(=O)Nc1ccc(Nc2nc(N)n(-c3nc4ccccc4s3)n2)cc1.COc1cc(Nc2nc(N)n(-c3nc4ccc(C(F)(F)F)cc4s3)n2)cc(OC)c1OC.COc1cc(Nc2nc(N)n(-c3nc4ccc(OC(F)(F)F)cc4s3)n2)cc(OC)c1OC.COc1cc(Nc2nc(N)n(-c3nc4ccc([N+](=O)[O-])cc4s3)n2)cc(OC)c1OC. The number of aromatic nitrogens is 16. The number of carbonyl (C=O) groups excluding carboxylic acids is 1. The van der Waals surface area contributed by atoms with Crippen LogP contribution in [0.4, 0.5) is 108 Å². The number of methoxy groups -OCH3 is 9. The van der Waals surface area contributed by atoms with E-state index in [0.29, 0.717) is 127 Å². The largest absolute Gasteiger partial charge is 0.573 e. The Morgan fingerprint density at radius 2 is 0.740 bits per heavy atom. The minimum atomic E-state index is -4.79. The number of halogens is 6. The summed E-state index contributed by atoms with van der Waals surface area (Å²) in [5.41, 5.74) is 28.8. The van der Waals surface area contributed by atoms with E-state index in [9.17, 15) is 41.3 Å². The van der Waals surface area contributed by atoms with Gasteiger partial charge in [-0.05, 0) is 72.8 Å². The van der Waals surface area contributed by atoms with Crippen molar-refractivity contribution in [1.29, 1.82) is 0 Å². The van der Waals surface area contributed by atoms with Gasteiger partial charge in [-0.2, -0.15) is 51.8 Å². The lowest BCUT2D eigenvalue weighted by Crippen LogP contribution is -2.16. The Hall–Kier alpha value is -15.3. The van der Waals surface area contributed by atoms with Gasteiger partial charge >= 0.3 is 12.5 Å². The van der Waals surface area contributed by atoms with Gasteiger partial charge < -0.3 is 96.9 Å². The first-order chi connectivity index (χ1) is 59.0. The molecule has 8 aromatic carbocycles. The van der Waals surface area contributed by atoms with E-state index in [1.807, 2.05) is 55.5 Å². The first-order valence-electron chi connectivity index (χ1n) is 35.3. The van der Waals surface area contributed by atoms with Gasteiger partial charge in [0.1, 0.15) is 5.75 Å². The number of nitrogens with two attached hydrogens (primary N) is 4. The van der Waals surface area contributed by atoms with Crippen LogP contribution in [0.1, 0.15) is 18.9 Å². The third-order valence-electron chi connectivity index (χ3n) is 16.9. The van der Waals surface area contributed by atoms with E-state index in [2.05, 4.69) is 91.6 Å². The monoisotopic (exact) mass is 1770 g/mol. The molecule has 8 aromatic heterocycles. The Morgan fingerprint density at radius 1 is 0.407 bits per heavy atom. The molecule has 0 aliphatic rings. The van der Waals surface area contributed by atoms with Crippen LogP contribution in [0, 0.1) is 10.1 Å². The summed E-state index contributed by atoms with van der Waals surface area (Å²) in [5, 5.41) is 44.9. The van der Waals surface area contributed by atoms with E-state index in [4.69, 9.17) is 65.6 Å². The van der Waals surface area contributed by atoms with E-state index in [-0.39, 0.29) is 64.1 Å². The van der Waals surface area contributed by atoms with Crippen molar-refractivity contribution >= 4 is 174 Å². The second-order valence-electron chi connectivity index (χ2n) is 24.8. The number of anilines is 13. The Balaban J connectivity index is 0.000000141. The number of non-ortho nitro benzene ring substituents is 1. The highest BCUT2D eigenvalue weighted by molar-refractivity contribution is 7.21. The maximum atomic E-state index is 13.0. The lowest BCUT2D eigenvalue weighted by molar-refractivity contribution is -0.384. The molecule has 0 aliphatic heterocycles. The molecule has 0 fully saturated rings. The molecule has 13 N–H and O–H groups in total. The van der Waals surface area contributed by atoms with Gasteiger partial charge in [-0.1, -0.05) is 64.4 Å². The molecule has 0 bridgehead atoms. The Kier molecular flexibility index (Phi) is 25.4. The minimum absolute atomic E-state index is 0.00930. The first-order valence-corrected chi connectivity index (χ1v) is 38.6. The Labute approximate surface area is 705 Å². The number of nitrogens with zero attached hydrogens (tertiary/aromatic N) is 17. The average Bonchev–Trinajstić information content (AvgIpc) is 1.53. The summed E-state index contributed by atoms with van der Waals surface area (Å²) in [6.45, 7) is 1.81. The van der Waals surface area contributed by atoms with Crippen molar-refractivity contribution in [2.45, 2.75) is 25.9 Å². The van der Waals surface area contributed by atoms with Crippen LogP contribution in [0.3, 0.4) is 0 Å². The van der Waals surface area contributed by atoms with Gasteiger partial charge in [0.05, 0.1) is 115 Å². The van der Waals surface area contributed by atoms with E-state index in [1.54, 1.807) is 42.5 Å². The predicted molar refractivity (Wildman–Crippen MR) is 451 cm³/mol. The molecule has 16 rings (SSSR count). The molecule has 0 unspecified atom stereocenters. The van der Waals surface area contributed by atoms with Crippen molar-refractivity contribution in [2.75, 3.05) is 114 Å². The van der Waals surface area contributed by atoms with E-state index in [1.165, 1.54) is 142 Å². The van der Waals surface area contributed by atoms with Gasteiger partial charge in [0.25, 0.3) is 5.69 Å². The quantitative estimate of drug-likeness (QED) is 0.0146. The maximum absolute atomic E-state index is 13.0. The molecule has 0 radical (unpaired) electrons. The third-order valence-corrected chi connectivity index (χ3v) is 20.9. The smallest absolute Gasteiger partial charge is 0.493 e. The van der Waals surface area contributed by atoms with Crippen molar-refractivity contribution in [1.82, 2.24) is 79.0 Å². The molecular weight excluding hydrogens is 1700 g/mol. The zero-order valence-corrected chi connectivity index (χ0v) is 68.9. The van der Waals surface area contributed by atoms with Crippen LogP contribution in [0.5, 0.6) is 57.5 Å². The number of nitro groups is 1. The molecule has 16 aromatic rings. The molecule has 39 nitrogen and oxygen atoms in total. The summed E-state index contributed by atoms with van der Waals surface area (Å²) in [6, 6.07) is 36.8. The van der Waals surface area contributed by atoms with Crippen LogP contribution in [0.15, 0.2) is 140 Å². The lowest BCUT2D eigenvalue weighted by atomic mass is 10.2. The van der Waals surface area contributed by atoms with Crippen LogP contribution >= 0.6 is 45.3 Å². The fourth-order valence-electron chi connectivity index (χ4n) is 11.3. The summed E-state index contributed by atoms with van der Waals surface area (Å²) >= 11 is 4.80. The van der Waals surface area contributed by atoms with Gasteiger partial charge in [0, 0.05) is 89.5 Å². The van der Waals surface area contributed by atoms with Crippen LogP contribution in [0.2, 0.25) is 0 Å². The fraction of sp³-hybridized carbons (Fsp3) is 0.176. The molecular formula is C74H68F6N26O13S4. The predicted octanol–water partition coefficient (Wildman–Crippen LogP) is 15.1. The second-order valence-corrected chi connectivity index (χ2v) is 28.8. The topological polar surface area (TPSA) is 491 Å². The molecule has 638 valence electrons. The minimum Gasteiger partial charge on any atom is -0.493 e. The van der Waals surface area contributed by atoms with E-state index >= 15 is 0 Å². The standard InChI is InChI=1S/C19H17F3N6O4S.C19H17F3N6O3S.C18H17N7O5S.C18H17N7OS/c1-29-12-6-9(7-13(30-2)15(12)31-3)24-17-26-16(23)28(27-17)18-25-11-5-4-10(8-14(11)33-18)32-19(20,21)22;1-29-12-7-10(8-13(30-2)15(12)31-3)24-17-26-16(23)28(27-17)18-25-11-5-4-9(19(20,21)22)6-14(11)32-18;1-28-12-6-9(7-13(29-2)15(12)30-3)20-17-22-16(19)24(23-17)18-21-11-5-4-10(25(26)27)8-14(11)31-18;1-2-15(26)20-11-7-9-12(10-8-11)21-17-23-16(19)25(24-17)18-22-13-5-3-4-6-14(13)27-18/h4-8H,1-3H3,(H3,23,24,26,27);4-8H,1-3H3,(H3,23,24,26,27);4-8H,1-3H3,(H3,19,20,22,23);3-10H,2H2,1H3,(H,20,26)(H3,19,21,23,24). The zero-order chi connectivity index (χ0) is 87.7. The number of rotatable bonds is 25. The molecule has 0 aliphatic carbocycles. The molecule has 1 amide bonds. The van der Waals surface area contributed by atoms with E-state index < -0.39 is 23.0 Å². The normalized spacial score (nSPS) is 11.2. The number of hydrogen-bond donors (Lipinski definition) is 9. The van der Waals surface area contributed by atoms with Crippen molar-refractivity contribution in [3.63, 3.8) is 0 Å². The van der Waals surface area contributed by atoms with Gasteiger partial charge in [-0.25, -0.2) is 19.9 Å². The molecule has 8 heterocycles. The highest BCUT2D eigenvalue weighted by Crippen LogP contribution is 2.45. The number of carbonyl (C=O) groups is 1. The van der Waals surface area contributed by atoms with Gasteiger partial charge in [0.2, 0.25) is 91.3 Å². The Bertz CT molecular complexity index is 6420. The number of para-hydroxylation sites is 1. The Morgan fingerprint density at radius 3 is 1.09 bits per heavy atom. The van der Waals surface area contributed by atoms with Gasteiger partial charge in [0.15, 0.2) is 34.5 Å². The number of benzene rings is 8. The average molecular weight is 1770 g/mol. The van der Waals surface area contributed by atoms with Gasteiger partial charge in [-0.3, -0.25) is 14.9 Å². The number of ether oxygens (including phenoxy) is 10. The summed E-state index contributed by atoms with van der Waals surface area (Å²) in [6.07, 6.45) is -8.79. The van der Waals surface area contributed by atoms with Gasteiger partial charge in [-0.15, -0.1) is 33.6 Å². The summed E-state index contributed by atoms with van der Waals surface area (Å²) in [5.74, 6) is 4.83. The second kappa shape index (κ2) is 36.5. The number of hydrogen-bond acceptors (Lipinski definition) is 37. The zero-order valence-electron chi connectivity index (χ0n) is 65.6. The van der Waals surface area contributed by atoms with Crippen molar-refractivity contribution in [2.24, 2.45) is 0 Å². The number of fused-ring (bicyclic) bond motifs is 4. The van der Waals surface area contributed by atoms with Crippen molar-refractivity contribution in [3.05, 3.63) is 155 Å². The molecule has 0 saturated carbocycles. The van der Waals surface area contributed by atoms with Crippen LogP contribution in [-0.2, 0) is 11.0 Å². The summed E-state index contributed by atoms with van der Waals surface area (Å²) in [7, 11) is 13.5. The fourth-order valence-corrected chi connectivity index (χ4v) is 15.2. The molecule has 123 heavy (non-hydrogen) atoms. The number of nitrogen functional groups attached to an aromatic ring is 4. The summed E-state index contributed by atoms with van der Waals surface area (Å²) in [4.78, 5) is 56.4. The maximum Gasteiger partial charge on any atom is 0.573 e. The van der Waals surface area contributed by atoms with E-state index in [0.717, 1.165) is 56.4 Å². The number of nitrogens with one attached hydrogen (secondary N) is 5. The molecule has 0 spiro atoms. The third kappa shape index (κ3) is 19.7. The van der Waals surface area contributed by atoms with Crippen molar-refractivity contribution in [3.8, 4) is 78.0 Å². The highest BCUT2D eigenvalue weighted by Gasteiger charge is 2.33. The van der Waals surface area contributed by atoms with Crippen LogP contribution in [0.25, 0.3) is 61.4 Å². The number of nitro benzene ring substituents is 1. The molecule has 49 heteroatoms. The number of thiazole rings is 4. The summed E-state index contributed by atoms with van der Waals surface area (Å²) < 4.78 is 136.